The Bertz CT molecular complexity index is 1080. The summed E-state index contributed by atoms with van der Waals surface area (Å²) < 4.78 is 7.54. The zero-order valence-electron chi connectivity index (χ0n) is 16.7. The third-order valence-electron chi connectivity index (χ3n) is 5.22. The lowest BCUT2D eigenvalue weighted by molar-refractivity contribution is 0.129. The van der Waals surface area contributed by atoms with Crippen LogP contribution in [0.4, 0.5) is 4.79 Å². The quantitative estimate of drug-likeness (QED) is 0.721. The fraction of sp³-hybridized carbons (Fsp3) is 0.348. The Kier molecular flexibility index (Phi) is 5.22. The minimum atomic E-state index is -0.368. The van der Waals surface area contributed by atoms with E-state index in [1.54, 1.807) is 6.20 Å². The Balaban J connectivity index is 1.64. The molecule has 4 rings (SSSR count). The highest BCUT2D eigenvalue weighted by Crippen LogP contribution is 2.34. The zero-order chi connectivity index (χ0) is 20.4. The van der Waals surface area contributed by atoms with Gasteiger partial charge in [0, 0.05) is 35.3 Å². The molecule has 0 fully saturated rings. The molecule has 6 heteroatoms. The molecule has 6 nitrogen and oxygen atoms in total. The highest BCUT2D eigenvalue weighted by molar-refractivity contribution is 5.88. The summed E-state index contributed by atoms with van der Waals surface area (Å²) in [5.74, 6) is 0.303. The van der Waals surface area contributed by atoms with Crippen LogP contribution in [-0.2, 0) is 24.1 Å². The van der Waals surface area contributed by atoms with E-state index in [4.69, 9.17) is 4.74 Å². The molecule has 0 unspecified atom stereocenters. The molecular formula is C23H24N4O2. The lowest BCUT2D eigenvalue weighted by Gasteiger charge is -2.15. The van der Waals surface area contributed by atoms with Gasteiger partial charge in [0.15, 0.2) is 0 Å². The molecule has 1 atom stereocenters. The van der Waals surface area contributed by atoms with E-state index in [1.165, 1.54) is 11.3 Å². The van der Waals surface area contributed by atoms with Crippen molar-refractivity contribution in [1.82, 2.24) is 14.9 Å². The van der Waals surface area contributed by atoms with E-state index in [-0.39, 0.29) is 12.1 Å². The number of pyridine rings is 1. The highest BCUT2D eigenvalue weighted by atomic mass is 16.5. The molecular weight excluding hydrogens is 364 g/mol. The highest BCUT2D eigenvalue weighted by Gasteiger charge is 2.30. The van der Waals surface area contributed by atoms with E-state index >= 15 is 0 Å². The number of ether oxygens (including phenoxy) is 1. The lowest BCUT2D eigenvalue weighted by atomic mass is 10.1. The van der Waals surface area contributed by atoms with Gasteiger partial charge in [0.25, 0.3) is 0 Å². The molecule has 3 aromatic rings. The fourth-order valence-electron chi connectivity index (χ4n) is 3.95. The van der Waals surface area contributed by atoms with Crippen molar-refractivity contribution in [2.45, 2.75) is 39.3 Å². The van der Waals surface area contributed by atoms with E-state index in [1.807, 2.05) is 50.2 Å². The largest absolute Gasteiger partial charge is 0.449 e. The average molecular weight is 388 g/mol. The Morgan fingerprint density at radius 3 is 2.93 bits per heavy atom. The van der Waals surface area contributed by atoms with Gasteiger partial charge in [0.2, 0.25) is 0 Å². The predicted molar refractivity (Wildman–Crippen MR) is 111 cm³/mol. The number of nitrogens with zero attached hydrogens (tertiary/aromatic N) is 3. The monoisotopic (exact) mass is 388 g/mol. The first-order chi connectivity index (χ1) is 14.0. The number of amides is 1. The van der Waals surface area contributed by atoms with Gasteiger partial charge in [-0.05, 0) is 48.2 Å². The van der Waals surface area contributed by atoms with Crippen molar-refractivity contribution in [3.8, 4) is 6.07 Å². The second-order valence-corrected chi connectivity index (χ2v) is 7.92. The Morgan fingerprint density at radius 1 is 1.34 bits per heavy atom. The number of aromatic nitrogens is 2. The third kappa shape index (κ3) is 3.95. The molecule has 1 aliphatic rings. The SMILES string of the molecule is CC(C)COC(=O)N[C@@H]1Cc2c(n(Cc3ccccn3)c3ccc(C#N)cc23)C1. The van der Waals surface area contributed by atoms with Crippen molar-refractivity contribution in [2.75, 3.05) is 6.61 Å². The molecule has 0 spiro atoms. The predicted octanol–water partition coefficient (Wildman–Crippen LogP) is 3.81. The van der Waals surface area contributed by atoms with Gasteiger partial charge < -0.3 is 14.6 Å². The second kappa shape index (κ2) is 7.96. The van der Waals surface area contributed by atoms with Crippen molar-refractivity contribution >= 4 is 17.0 Å². The van der Waals surface area contributed by atoms with E-state index in [0.29, 0.717) is 24.6 Å². The number of hydrogen-bond acceptors (Lipinski definition) is 4. The van der Waals surface area contributed by atoms with Gasteiger partial charge in [-0.25, -0.2) is 4.79 Å². The molecule has 148 valence electrons. The summed E-state index contributed by atoms with van der Waals surface area (Å²) in [5.41, 5.74) is 5.10. The molecule has 1 aromatic carbocycles. The van der Waals surface area contributed by atoms with E-state index in [9.17, 15) is 10.1 Å². The molecule has 0 aliphatic heterocycles. The summed E-state index contributed by atoms with van der Waals surface area (Å²) in [4.78, 5) is 16.6. The third-order valence-corrected chi connectivity index (χ3v) is 5.22. The van der Waals surface area contributed by atoms with Crippen LogP contribution in [0.15, 0.2) is 42.6 Å². The summed E-state index contributed by atoms with van der Waals surface area (Å²) in [6.07, 6.45) is 2.89. The Hall–Kier alpha value is -3.33. The van der Waals surface area contributed by atoms with Crippen LogP contribution in [0.25, 0.3) is 10.9 Å². The number of hydrogen-bond donors (Lipinski definition) is 1. The first-order valence-electron chi connectivity index (χ1n) is 9.92. The van der Waals surface area contributed by atoms with E-state index in [0.717, 1.165) is 29.4 Å². The molecule has 2 heterocycles. The molecule has 0 bridgehead atoms. The van der Waals surface area contributed by atoms with Gasteiger partial charge in [-0.3, -0.25) is 4.98 Å². The van der Waals surface area contributed by atoms with Crippen molar-refractivity contribution in [1.29, 1.82) is 5.26 Å². The van der Waals surface area contributed by atoms with Gasteiger partial charge in [0.1, 0.15) is 0 Å². The van der Waals surface area contributed by atoms with Crippen LogP contribution in [0.2, 0.25) is 0 Å². The number of fused-ring (bicyclic) bond motifs is 3. The minimum Gasteiger partial charge on any atom is -0.449 e. The number of rotatable bonds is 5. The van der Waals surface area contributed by atoms with Crippen LogP contribution < -0.4 is 5.32 Å². The van der Waals surface area contributed by atoms with Gasteiger partial charge in [-0.2, -0.15) is 5.26 Å². The topological polar surface area (TPSA) is 79.9 Å². The molecule has 1 N–H and O–H groups in total. The number of benzene rings is 1. The van der Waals surface area contributed by atoms with Crippen molar-refractivity contribution < 1.29 is 9.53 Å². The van der Waals surface area contributed by atoms with Crippen LogP contribution in [0, 0.1) is 17.2 Å². The van der Waals surface area contributed by atoms with Crippen molar-refractivity contribution in [3.05, 3.63) is 65.1 Å². The van der Waals surface area contributed by atoms with Crippen molar-refractivity contribution in [3.63, 3.8) is 0 Å². The standard InChI is InChI=1S/C23H24N4O2/c1-15(2)14-29-23(28)26-18-10-20-19-9-16(12-24)6-7-21(19)27(22(20)11-18)13-17-5-3-4-8-25-17/h3-9,15,18H,10-11,13-14H2,1-2H3,(H,26,28)/t18-/m1/s1. The van der Waals surface area contributed by atoms with E-state index < -0.39 is 0 Å². The van der Waals surface area contributed by atoms with Gasteiger partial charge >= 0.3 is 6.09 Å². The van der Waals surface area contributed by atoms with Gasteiger partial charge in [0.05, 0.1) is 30.5 Å². The molecule has 0 saturated heterocycles. The van der Waals surface area contributed by atoms with Gasteiger partial charge in [-0.15, -0.1) is 0 Å². The number of carbonyl (C=O) groups excluding carboxylic acids is 1. The first kappa shape index (κ1) is 19.0. The van der Waals surface area contributed by atoms with Crippen LogP contribution in [0.3, 0.4) is 0 Å². The van der Waals surface area contributed by atoms with Crippen LogP contribution in [0.5, 0.6) is 0 Å². The summed E-state index contributed by atoms with van der Waals surface area (Å²) in [6, 6.07) is 13.9. The van der Waals surface area contributed by atoms with E-state index in [2.05, 4.69) is 20.9 Å². The second-order valence-electron chi connectivity index (χ2n) is 7.92. The maximum absolute atomic E-state index is 12.1. The Labute approximate surface area is 170 Å². The summed E-state index contributed by atoms with van der Waals surface area (Å²) in [5, 5.41) is 13.4. The molecule has 29 heavy (non-hydrogen) atoms. The molecule has 2 aromatic heterocycles. The number of carbonyl (C=O) groups is 1. The van der Waals surface area contributed by atoms with Crippen LogP contribution in [0.1, 0.15) is 36.4 Å². The first-order valence-corrected chi connectivity index (χ1v) is 9.92. The normalized spacial score (nSPS) is 15.3. The van der Waals surface area contributed by atoms with Crippen LogP contribution >= 0.6 is 0 Å². The number of alkyl carbamates (subject to hydrolysis) is 1. The molecule has 1 amide bonds. The zero-order valence-corrected chi connectivity index (χ0v) is 16.7. The summed E-state index contributed by atoms with van der Waals surface area (Å²) in [6.45, 7) is 5.09. The summed E-state index contributed by atoms with van der Waals surface area (Å²) in [7, 11) is 0. The molecule has 0 saturated carbocycles. The minimum absolute atomic E-state index is 0.00946. The maximum atomic E-state index is 12.1. The Morgan fingerprint density at radius 2 is 2.21 bits per heavy atom. The van der Waals surface area contributed by atoms with Gasteiger partial charge in [-0.1, -0.05) is 19.9 Å². The summed E-state index contributed by atoms with van der Waals surface area (Å²) >= 11 is 0. The van der Waals surface area contributed by atoms with Crippen LogP contribution in [-0.4, -0.2) is 28.3 Å². The average Bonchev–Trinajstić information content (AvgIpc) is 3.25. The number of nitrogens with one attached hydrogen (secondary N) is 1. The molecule has 0 radical (unpaired) electrons. The number of nitriles is 1. The lowest BCUT2D eigenvalue weighted by Crippen LogP contribution is -2.36. The maximum Gasteiger partial charge on any atom is 0.407 e. The van der Waals surface area contributed by atoms with Crippen molar-refractivity contribution in [2.24, 2.45) is 5.92 Å². The molecule has 1 aliphatic carbocycles. The fourth-order valence-corrected chi connectivity index (χ4v) is 3.95. The smallest absolute Gasteiger partial charge is 0.407 e.